The van der Waals surface area contributed by atoms with Crippen molar-refractivity contribution >= 4 is 5.91 Å². The van der Waals surface area contributed by atoms with Gasteiger partial charge in [0.25, 0.3) is 5.91 Å². The summed E-state index contributed by atoms with van der Waals surface area (Å²) in [5.74, 6) is -2.25. The van der Waals surface area contributed by atoms with E-state index >= 15 is 0 Å². The van der Waals surface area contributed by atoms with Crippen LogP contribution in [-0.4, -0.2) is 20.8 Å². The van der Waals surface area contributed by atoms with Crippen molar-refractivity contribution in [3.63, 3.8) is 0 Å². The van der Waals surface area contributed by atoms with Crippen LogP contribution in [0.25, 0.3) is 16.8 Å². The van der Waals surface area contributed by atoms with Crippen molar-refractivity contribution in [2.24, 2.45) is 5.73 Å². The van der Waals surface area contributed by atoms with E-state index in [1.807, 2.05) is 0 Å². The maximum atomic E-state index is 14.4. The number of hydrogen-bond donors (Lipinski definition) is 2. The first-order chi connectivity index (χ1) is 13.7. The quantitative estimate of drug-likeness (QED) is 0.652. The smallest absolute Gasteiger partial charge is 0.392 e. The van der Waals surface area contributed by atoms with Gasteiger partial charge in [0.05, 0.1) is 18.2 Å². The van der Waals surface area contributed by atoms with E-state index in [4.69, 9.17) is 11.0 Å². The topological polar surface area (TPSA) is 105 Å². The number of benzene rings is 2. The second kappa shape index (κ2) is 7.37. The van der Waals surface area contributed by atoms with E-state index in [-0.39, 0.29) is 16.7 Å². The third kappa shape index (κ3) is 3.68. The van der Waals surface area contributed by atoms with Crippen LogP contribution < -0.4 is 5.73 Å². The van der Waals surface area contributed by atoms with Gasteiger partial charge < -0.3 is 10.8 Å². The van der Waals surface area contributed by atoms with E-state index in [2.05, 4.69) is 5.10 Å². The third-order valence-electron chi connectivity index (χ3n) is 4.09. The van der Waals surface area contributed by atoms with Crippen LogP contribution in [0.5, 0.6) is 0 Å². The lowest BCUT2D eigenvalue weighted by molar-refractivity contribution is -0.140. The van der Waals surface area contributed by atoms with E-state index in [1.165, 1.54) is 24.3 Å². The molecule has 0 bridgehead atoms. The van der Waals surface area contributed by atoms with Gasteiger partial charge in [-0.3, -0.25) is 4.79 Å². The average molecular weight is 404 g/mol. The van der Waals surface area contributed by atoms with Crippen molar-refractivity contribution in [2.45, 2.75) is 12.8 Å². The van der Waals surface area contributed by atoms with E-state index in [1.54, 1.807) is 6.07 Å². The molecule has 1 amide bonds. The molecule has 0 radical (unpaired) electrons. The number of alkyl halides is 3. The summed E-state index contributed by atoms with van der Waals surface area (Å²) in [6.07, 6.45) is -5.00. The number of primary amides is 1. The molecule has 3 aromatic rings. The Morgan fingerprint density at radius 3 is 2.55 bits per heavy atom. The van der Waals surface area contributed by atoms with Crippen molar-refractivity contribution in [3.05, 3.63) is 70.8 Å². The molecule has 1 heterocycles. The van der Waals surface area contributed by atoms with Crippen LogP contribution in [-0.2, 0) is 12.8 Å². The van der Waals surface area contributed by atoms with Gasteiger partial charge in [0.1, 0.15) is 17.2 Å². The van der Waals surface area contributed by atoms with Gasteiger partial charge in [0, 0.05) is 5.56 Å². The Bertz CT molecular complexity index is 1150. The number of nitriles is 1. The zero-order valence-corrected chi connectivity index (χ0v) is 14.5. The van der Waals surface area contributed by atoms with Crippen LogP contribution in [0.3, 0.4) is 0 Å². The largest absolute Gasteiger partial charge is 0.435 e. The zero-order valence-electron chi connectivity index (χ0n) is 14.5. The Morgan fingerprint density at radius 1 is 1.24 bits per heavy atom. The Hall–Kier alpha value is -3.71. The van der Waals surface area contributed by atoms with Crippen LogP contribution >= 0.6 is 0 Å². The molecule has 29 heavy (non-hydrogen) atoms. The van der Waals surface area contributed by atoms with Crippen LogP contribution in [0, 0.1) is 17.1 Å². The maximum Gasteiger partial charge on any atom is 0.435 e. The summed E-state index contributed by atoms with van der Waals surface area (Å²) in [6.45, 7) is -0.510. The standard InChI is InChI=1S/C19H12F4N4O2/c20-13-5-4-11(9-28)7-14(13)27-16(18(25)29)15(17(26-27)19(21,22)23)12-3-1-2-10(6-12)8-24/h1-7,28H,9H2,(H2,25,29). The number of amides is 1. The second-order valence-electron chi connectivity index (χ2n) is 5.98. The highest BCUT2D eigenvalue weighted by molar-refractivity contribution is 5.99. The fraction of sp³-hybridized carbons (Fsp3) is 0.105. The van der Waals surface area contributed by atoms with Gasteiger partial charge in [0.15, 0.2) is 5.69 Å². The fourth-order valence-corrected chi connectivity index (χ4v) is 2.85. The van der Waals surface area contributed by atoms with Crippen molar-refractivity contribution in [2.75, 3.05) is 0 Å². The number of halogens is 4. The molecule has 3 N–H and O–H groups in total. The number of nitrogens with zero attached hydrogens (tertiary/aromatic N) is 3. The average Bonchev–Trinajstić information content (AvgIpc) is 3.09. The molecule has 0 saturated heterocycles. The lowest BCUT2D eigenvalue weighted by Crippen LogP contribution is -2.18. The molecule has 0 spiro atoms. The predicted molar refractivity (Wildman–Crippen MR) is 93.1 cm³/mol. The molecule has 3 rings (SSSR count). The first-order valence-corrected chi connectivity index (χ1v) is 8.07. The zero-order chi connectivity index (χ0) is 21.3. The summed E-state index contributed by atoms with van der Waals surface area (Å²) in [7, 11) is 0. The Balaban J connectivity index is 2.43. The van der Waals surface area contributed by atoms with Crippen molar-refractivity contribution in [1.82, 2.24) is 9.78 Å². The monoisotopic (exact) mass is 404 g/mol. The van der Waals surface area contributed by atoms with Crippen LogP contribution in [0.15, 0.2) is 42.5 Å². The molecule has 6 nitrogen and oxygen atoms in total. The molecule has 148 valence electrons. The van der Waals surface area contributed by atoms with Gasteiger partial charge in [0.2, 0.25) is 0 Å². The Morgan fingerprint density at radius 2 is 1.97 bits per heavy atom. The minimum Gasteiger partial charge on any atom is -0.392 e. The molecule has 10 heteroatoms. The molecule has 0 fully saturated rings. The molecule has 2 aromatic carbocycles. The summed E-state index contributed by atoms with van der Waals surface area (Å²) in [4.78, 5) is 12.1. The summed E-state index contributed by atoms with van der Waals surface area (Å²) in [5.41, 5.74) is 2.11. The highest BCUT2D eigenvalue weighted by Gasteiger charge is 2.41. The summed E-state index contributed by atoms with van der Waals surface area (Å²) in [5, 5.41) is 21.7. The van der Waals surface area contributed by atoms with Crippen LogP contribution in [0.2, 0.25) is 0 Å². The number of aliphatic hydroxyl groups excluding tert-OH is 1. The molecule has 0 aliphatic heterocycles. The normalized spacial score (nSPS) is 11.3. The van der Waals surface area contributed by atoms with Crippen molar-refractivity contribution in [1.29, 1.82) is 5.26 Å². The molecule has 0 atom stereocenters. The van der Waals surface area contributed by atoms with Gasteiger partial charge >= 0.3 is 6.18 Å². The summed E-state index contributed by atoms with van der Waals surface area (Å²) >= 11 is 0. The number of aliphatic hydroxyl groups is 1. The van der Waals surface area contributed by atoms with E-state index < -0.39 is 47.1 Å². The number of nitrogens with two attached hydrogens (primary N) is 1. The SMILES string of the molecule is N#Cc1cccc(-c2c(C(F)(F)F)nn(-c3cc(CO)ccc3F)c2C(N)=O)c1. The first-order valence-electron chi connectivity index (χ1n) is 8.07. The van der Waals surface area contributed by atoms with Gasteiger partial charge in [-0.15, -0.1) is 0 Å². The van der Waals surface area contributed by atoms with Crippen LogP contribution in [0.4, 0.5) is 17.6 Å². The molecule has 0 saturated carbocycles. The number of aromatic nitrogens is 2. The second-order valence-corrected chi connectivity index (χ2v) is 5.98. The highest BCUT2D eigenvalue weighted by Crippen LogP contribution is 2.39. The summed E-state index contributed by atoms with van der Waals surface area (Å²) < 4.78 is 56.0. The lowest BCUT2D eigenvalue weighted by Gasteiger charge is -2.09. The number of rotatable bonds is 4. The van der Waals surface area contributed by atoms with E-state index in [0.29, 0.717) is 4.68 Å². The fourth-order valence-electron chi connectivity index (χ4n) is 2.85. The van der Waals surface area contributed by atoms with Gasteiger partial charge in [-0.05, 0) is 35.4 Å². The Kier molecular flexibility index (Phi) is 5.09. The lowest BCUT2D eigenvalue weighted by atomic mass is 10.00. The summed E-state index contributed by atoms with van der Waals surface area (Å²) in [6, 6.07) is 10.1. The van der Waals surface area contributed by atoms with Crippen molar-refractivity contribution in [3.8, 4) is 22.9 Å². The minimum absolute atomic E-state index is 0.0484. The minimum atomic E-state index is -5.00. The molecule has 0 aliphatic rings. The molecular weight excluding hydrogens is 392 g/mol. The molecule has 0 unspecified atom stereocenters. The molecule has 1 aromatic heterocycles. The number of carbonyl (C=O) groups excluding carboxylic acids is 1. The van der Waals surface area contributed by atoms with E-state index in [9.17, 15) is 27.5 Å². The third-order valence-corrected chi connectivity index (χ3v) is 4.09. The predicted octanol–water partition coefficient (Wildman–Crippen LogP) is 3.16. The molecular formula is C19H12F4N4O2. The van der Waals surface area contributed by atoms with E-state index in [0.717, 1.165) is 18.2 Å². The van der Waals surface area contributed by atoms with Gasteiger partial charge in [-0.2, -0.15) is 23.5 Å². The number of carbonyl (C=O) groups is 1. The van der Waals surface area contributed by atoms with Gasteiger partial charge in [-0.1, -0.05) is 18.2 Å². The maximum absolute atomic E-state index is 14.4. The molecule has 0 aliphatic carbocycles. The van der Waals surface area contributed by atoms with Gasteiger partial charge in [-0.25, -0.2) is 9.07 Å². The Labute approximate surface area is 161 Å². The van der Waals surface area contributed by atoms with Crippen molar-refractivity contribution < 1.29 is 27.5 Å². The number of hydrogen-bond acceptors (Lipinski definition) is 4. The van der Waals surface area contributed by atoms with Crippen LogP contribution in [0.1, 0.15) is 27.3 Å². The first kappa shape index (κ1) is 20.0. The highest BCUT2D eigenvalue weighted by atomic mass is 19.4.